The van der Waals surface area contributed by atoms with E-state index in [2.05, 4.69) is 16.1 Å². The van der Waals surface area contributed by atoms with E-state index < -0.39 is 29.0 Å². The first kappa shape index (κ1) is 18.1. The van der Waals surface area contributed by atoms with Gasteiger partial charge >= 0.3 is 0 Å². The number of benzene rings is 2. The average molecular weight is 446 g/mol. The molecule has 0 aliphatic rings. The van der Waals surface area contributed by atoms with Gasteiger partial charge in [-0.3, -0.25) is 9.63 Å². The minimum absolute atomic E-state index is 0.112. The number of nitrogens with one attached hydrogen (secondary N) is 2. The number of anilines is 2. The maximum atomic E-state index is 14.1. The fraction of sp³-hybridized carbons (Fsp3) is 0.0625. The fourth-order valence-electron chi connectivity index (χ4n) is 1.79. The SMILES string of the molecule is C#CCONC(=O)c1ccc(F)c(F)c1Nc1ccc(I)cc1F. The maximum absolute atomic E-state index is 14.1. The zero-order valence-electron chi connectivity index (χ0n) is 12.0. The number of carbonyl (C=O) groups excluding carboxylic acids is 1. The third-order valence-corrected chi connectivity index (χ3v) is 3.52. The molecule has 0 aliphatic carbocycles. The third kappa shape index (κ3) is 4.18. The fourth-order valence-corrected chi connectivity index (χ4v) is 2.24. The van der Waals surface area contributed by atoms with Gasteiger partial charge < -0.3 is 5.32 Å². The van der Waals surface area contributed by atoms with Gasteiger partial charge in [-0.2, -0.15) is 0 Å². The van der Waals surface area contributed by atoms with Gasteiger partial charge in [0.2, 0.25) is 0 Å². The third-order valence-electron chi connectivity index (χ3n) is 2.85. The Hall–Kier alpha value is -2.25. The zero-order chi connectivity index (χ0) is 17.7. The summed E-state index contributed by atoms with van der Waals surface area (Å²) in [6, 6.07) is 5.94. The summed E-state index contributed by atoms with van der Waals surface area (Å²) < 4.78 is 42.1. The van der Waals surface area contributed by atoms with Crippen LogP contribution in [-0.4, -0.2) is 12.5 Å². The highest BCUT2D eigenvalue weighted by Crippen LogP contribution is 2.28. The number of halogens is 4. The lowest BCUT2D eigenvalue weighted by Gasteiger charge is -2.14. The first-order chi connectivity index (χ1) is 11.4. The van der Waals surface area contributed by atoms with E-state index in [1.165, 1.54) is 12.1 Å². The molecule has 2 aromatic carbocycles. The van der Waals surface area contributed by atoms with Crippen molar-refractivity contribution in [3.8, 4) is 12.3 Å². The molecule has 1 amide bonds. The molecular weight excluding hydrogens is 436 g/mol. The van der Waals surface area contributed by atoms with E-state index >= 15 is 0 Å². The van der Waals surface area contributed by atoms with Crippen molar-refractivity contribution in [1.82, 2.24) is 5.48 Å². The molecule has 0 saturated heterocycles. The Balaban J connectivity index is 2.38. The predicted octanol–water partition coefficient (Wildman–Crippen LogP) is 3.75. The van der Waals surface area contributed by atoms with Crippen molar-refractivity contribution in [3.05, 3.63) is 56.9 Å². The second kappa shape index (κ2) is 8.03. The van der Waals surface area contributed by atoms with E-state index in [4.69, 9.17) is 6.42 Å². The minimum Gasteiger partial charge on any atom is -0.350 e. The molecular formula is C16H10F3IN2O2. The molecule has 4 nitrogen and oxygen atoms in total. The van der Waals surface area contributed by atoms with Gasteiger partial charge in [0.15, 0.2) is 11.6 Å². The Labute approximate surface area is 149 Å². The summed E-state index contributed by atoms with van der Waals surface area (Å²) in [5.74, 6) is -1.93. The van der Waals surface area contributed by atoms with Crippen LogP contribution in [0.1, 0.15) is 10.4 Å². The van der Waals surface area contributed by atoms with Crippen LogP contribution in [0.3, 0.4) is 0 Å². The van der Waals surface area contributed by atoms with Crippen LogP contribution in [0.5, 0.6) is 0 Å². The van der Waals surface area contributed by atoms with Gasteiger partial charge in [0.05, 0.1) is 16.9 Å². The van der Waals surface area contributed by atoms with Crippen molar-refractivity contribution in [2.24, 2.45) is 0 Å². The molecule has 0 heterocycles. The summed E-state index contributed by atoms with van der Waals surface area (Å²) in [6.45, 7) is -0.204. The largest absolute Gasteiger partial charge is 0.350 e. The number of hydrogen-bond donors (Lipinski definition) is 2. The van der Waals surface area contributed by atoms with E-state index in [0.717, 1.165) is 12.1 Å². The van der Waals surface area contributed by atoms with E-state index in [0.29, 0.717) is 3.57 Å². The van der Waals surface area contributed by atoms with Gasteiger partial charge in [0.1, 0.15) is 12.4 Å². The summed E-state index contributed by atoms with van der Waals surface area (Å²) in [4.78, 5) is 16.7. The van der Waals surface area contributed by atoms with Crippen molar-refractivity contribution in [2.45, 2.75) is 0 Å². The molecule has 24 heavy (non-hydrogen) atoms. The van der Waals surface area contributed by atoms with Crippen molar-refractivity contribution < 1.29 is 22.8 Å². The lowest BCUT2D eigenvalue weighted by Crippen LogP contribution is -2.25. The van der Waals surface area contributed by atoms with E-state index in [9.17, 15) is 18.0 Å². The molecule has 0 atom stereocenters. The molecule has 2 rings (SSSR count). The number of rotatable bonds is 5. The van der Waals surface area contributed by atoms with Crippen LogP contribution in [0, 0.1) is 33.4 Å². The number of hydrogen-bond acceptors (Lipinski definition) is 3. The minimum atomic E-state index is -1.32. The molecule has 2 aromatic rings. The number of carbonyl (C=O) groups is 1. The monoisotopic (exact) mass is 446 g/mol. The first-order valence-corrected chi connectivity index (χ1v) is 7.57. The number of hydroxylamine groups is 1. The van der Waals surface area contributed by atoms with Gasteiger partial charge in [0.25, 0.3) is 5.91 Å². The van der Waals surface area contributed by atoms with Crippen LogP contribution < -0.4 is 10.8 Å². The van der Waals surface area contributed by atoms with Gasteiger partial charge in [-0.25, -0.2) is 18.7 Å². The summed E-state index contributed by atoms with van der Waals surface area (Å²) in [6.07, 6.45) is 4.97. The lowest BCUT2D eigenvalue weighted by atomic mass is 10.1. The summed E-state index contributed by atoms with van der Waals surface area (Å²) in [7, 11) is 0. The Bertz CT molecular complexity index is 822. The summed E-state index contributed by atoms with van der Waals surface area (Å²) >= 11 is 1.90. The van der Waals surface area contributed by atoms with Crippen LogP contribution >= 0.6 is 22.6 Å². The van der Waals surface area contributed by atoms with Crippen LogP contribution in [-0.2, 0) is 4.84 Å². The van der Waals surface area contributed by atoms with Crippen LogP contribution in [0.2, 0.25) is 0 Å². The highest BCUT2D eigenvalue weighted by atomic mass is 127. The first-order valence-electron chi connectivity index (χ1n) is 6.49. The normalized spacial score (nSPS) is 10.1. The lowest BCUT2D eigenvalue weighted by molar-refractivity contribution is 0.0438. The number of terminal acetylenes is 1. The second-order valence-corrected chi connectivity index (χ2v) is 5.70. The number of amides is 1. The second-order valence-electron chi connectivity index (χ2n) is 4.46. The molecule has 8 heteroatoms. The predicted molar refractivity (Wildman–Crippen MR) is 91.0 cm³/mol. The smallest absolute Gasteiger partial charge is 0.277 e. The quantitative estimate of drug-likeness (QED) is 0.319. The van der Waals surface area contributed by atoms with Gasteiger partial charge in [-0.05, 0) is 52.9 Å². The highest BCUT2D eigenvalue weighted by molar-refractivity contribution is 14.1. The molecule has 0 saturated carbocycles. The van der Waals surface area contributed by atoms with Crippen molar-refractivity contribution in [1.29, 1.82) is 0 Å². The molecule has 0 aromatic heterocycles. The molecule has 2 N–H and O–H groups in total. The standard InChI is InChI=1S/C16H10F3IN2O2/c1-2-7-24-22-16(23)10-4-5-11(17)14(19)15(10)21-13-6-3-9(20)8-12(13)18/h1,3-6,8,21H,7H2,(H,22,23). The Morgan fingerprint density at radius 3 is 2.62 bits per heavy atom. The Morgan fingerprint density at radius 1 is 1.21 bits per heavy atom. The topological polar surface area (TPSA) is 50.4 Å². The molecule has 0 radical (unpaired) electrons. The summed E-state index contributed by atoms with van der Waals surface area (Å²) in [5, 5.41) is 2.40. The Morgan fingerprint density at radius 2 is 1.96 bits per heavy atom. The highest BCUT2D eigenvalue weighted by Gasteiger charge is 2.20. The zero-order valence-corrected chi connectivity index (χ0v) is 14.2. The van der Waals surface area contributed by atoms with Crippen molar-refractivity contribution in [3.63, 3.8) is 0 Å². The van der Waals surface area contributed by atoms with E-state index in [-0.39, 0.29) is 17.9 Å². The van der Waals surface area contributed by atoms with E-state index in [1.807, 2.05) is 28.1 Å². The molecule has 0 unspecified atom stereocenters. The molecule has 0 bridgehead atoms. The van der Waals surface area contributed by atoms with Crippen LogP contribution in [0.15, 0.2) is 30.3 Å². The molecule has 0 aliphatic heterocycles. The molecule has 0 fully saturated rings. The van der Waals surface area contributed by atoms with Crippen LogP contribution in [0.4, 0.5) is 24.5 Å². The molecule has 124 valence electrons. The van der Waals surface area contributed by atoms with Crippen LogP contribution in [0.25, 0.3) is 0 Å². The average Bonchev–Trinajstić information content (AvgIpc) is 2.54. The molecule has 0 spiro atoms. The van der Waals surface area contributed by atoms with Gasteiger partial charge in [-0.1, -0.05) is 5.92 Å². The van der Waals surface area contributed by atoms with Crippen molar-refractivity contribution >= 4 is 39.9 Å². The summed E-state index contributed by atoms with van der Waals surface area (Å²) in [5.41, 5.74) is 1.09. The van der Waals surface area contributed by atoms with Gasteiger partial charge in [0, 0.05) is 3.57 Å². The van der Waals surface area contributed by atoms with Crippen molar-refractivity contribution in [2.75, 3.05) is 11.9 Å². The maximum Gasteiger partial charge on any atom is 0.277 e. The van der Waals surface area contributed by atoms with E-state index in [1.54, 1.807) is 6.07 Å². The van der Waals surface area contributed by atoms with Gasteiger partial charge in [-0.15, -0.1) is 6.42 Å². The Kier molecular flexibility index (Phi) is 6.05.